The van der Waals surface area contributed by atoms with Gasteiger partial charge in [0, 0.05) is 25.7 Å². The van der Waals surface area contributed by atoms with Crippen LogP contribution in [0.15, 0.2) is 18.5 Å². The van der Waals surface area contributed by atoms with Gasteiger partial charge in [-0.2, -0.15) is 5.26 Å². The topological polar surface area (TPSA) is 141 Å². The van der Waals surface area contributed by atoms with Crippen LogP contribution in [0.2, 0.25) is 0 Å². The molecule has 0 saturated carbocycles. The second kappa shape index (κ2) is 8.86. The number of aromatic nitrogens is 4. The van der Waals surface area contributed by atoms with E-state index in [0.717, 1.165) is 13.0 Å². The maximum Gasteiger partial charge on any atom is 0.273 e. The van der Waals surface area contributed by atoms with Crippen molar-refractivity contribution in [3.05, 3.63) is 29.8 Å². The van der Waals surface area contributed by atoms with Gasteiger partial charge in [-0.05, 0) is 25.8 Å². The normalized spacial score (nSPS) is 15.8. The van der Waals surface area contributed by atoms with E-state index in [2.05, 4.69) is 41.4 Å². The second-order valence-corrected chi connectivity index (χ2v) is 6.10. The van der Waals surface area contributed by atoms with Crippen LogP contribution in [-0.2, 0) is 0 Å². The SMILES string of the molecule is CNC(=O)c1nnc(Nc2cnc(C#N)cn2)cc1NCCC1CCCN1. The maximum atomic E-state index is 12.1. The molecule has 3 rings (SSSR count). The van der Waals surface area contributed by atoms with Gasteiger partial charge < -0.3 is 21.3 Å². The summed E-state index contributed by atoms with van der Waals surface area (Å²) in [5, 5.41) is 29.1. The lowest BCUT2D eigenvalue weighted by Gasteiger charge is -2.14. The molecule has 0 spiro atoms. The minimum atomic E-state index is -0.311. The molecule has 1 atom stereocenters. The van der Waals surface area contributed by atoms with Crippen LogP contribution >= 0.6 is 0 Å². The molecule has 10 heteroatoms. The molecule has 1 aliphatic rings. The van der Waals surface area contributed by atoms with E-state index in [0.29, 0.717) is 29.9 Å². The molecule has 0 radical (unpaired) electrons. The smallest absolute Gasteiger partial charge is 0.273 e. The van der Waals surface area contributed by atoms with Crippen molar-refractivity contribution in [2.45, 2.75) is 25.3 Å². The average molecular weight is 367 g/mol. The Morgan fingerprint density at radius 1 is 1.33 bits per heavy atom. The Kier molecular flexibility index (Phi) is 6.06. The van der Waals surface area contributed by atoms with Gasteiger partial charge in [0.15, 0.2) is 17.2 Å². The monoisotopic (exact) mass is 367 g/mol. The van der Waals surface area contributed by atoms with E-state index in [1.54, 1.807) is 13.1 Å². The number of hydrogen-bond acceptors (Lipinski definition) is 9. The standard InChI is InChI=1S/C17H21N9O/c1-19-17(27)16-13(21-6-4-11-3-2-5-20-11)7-14(25-26-16)24-15-10-22-12(8-18)9-23-15/h7,9-11,20H,2-6H2,1H3,(H,19,27)(H2,21,23,24,25). The lowest BCUT2D eigenvalue weighted by atomic mass is 10.1. The van der Waals surface area contributed by atoms with Crippen LogP contribution in [0.4, 0.5) is 17.3 Å². The van der Waals surface area contributed by atoms with Crippen molar-refractivity contribution in [2.75, 3.05) is 30.8 Å². The van der Waals surface area contributed by atoms with Gasteiger partial charge >= 0.3 is 0 Å². The fraction of sp³-hybridized carbons (Fsp3) is 0.412. The Hall–Kier alpha value is -3.32. The zero-order valence-corrected chi connectivity index (χ0v) is 15.0. The van der Waals surface area contributed by atoms with Crippen molar-refractivity contribution in [1.82, 2.24) is 30.8 Å². The van der Waals surface area contributed by atoms with E-state index in [1.807, 2.05) is 6.07 Å². The summed E-state index contributed by atoms with van der Waals surface area (Å²) in [7, 11) is 1.55. The van der Waals surface area contributed by atoms with Gasteiger partial charge in [-0.15, -0.1) is 10.2 Å². The summed E-state index contributed by atoms with van der Waals surface area (Å²) in [6.07, 6.45) is 6.13. The lowest BCUT2D eigenvalue weighted by molar-refractivity contribution is 0.0958. The van der Waals surface area contributed by atoms with Crippen molar-refractivity contribution in [2.24, 2.45) is 0 Å². The largest absolute Gasteiger partial charge is 0.383 e. The maximum absolute atomic E-state index is 12.1. The predicted octanol–water partition coefficient (Wildman–Crippen LogP) is 0.795. The first kappa shape index (κ1) is 18.5. The molecule has 140 valence electrons. The molecule has 1 fully saturated rings. The van der Waals surface area contributed by atoms with E-state index in [1.165, 1.54) is 25.2 Å². The Balaban J connectivity index is 1.72. The Morgan fingerprint density at radius 3 is 2.89 bits per heavy atom. The molecule has 1 saturated heterocycles. The summed E-state index contributed by atoms with van der Waals surface area (Å²) in [4.78, 5) is 20.1. The molecular formula is C17H21N9O. The third kappa shape index (κ3) is 4.86. The predicted molar refractivity (Wildman–Crippen MR) is 99.6 cm³/mol. The molecule has 2 aromatic rings. The highest BCUT2D eigenvalue weighted by atomic mass is 16.1. The zero-order valence-electron chi connectivity index (χ0n) is 15.0. The van der Waals surface area contributed by atoms with Gasteiger partial charge in [0.05, 0.1) is 18.1 Å². The van der Waals surface area contributed by atoms with Gasteiger partial charge in [0.1, 0.15) is 11.9 Å². The van der Waals surface area contributed by atoms with Crippen LogP contribution in [0.5, 0.6) is 0 Å². The van der Waals surface area contributed by atoms with E-state index in [4.69, 9.17) is 5.26 Å². The first-order chi connectivity index (χ1) is 13.2. The first-order valence-corrected chi connectivity index (χ1v) is 8.76. The number of anilines is 3. The van der Waals surface area contributed by atoms with Crippen LogP contribution < -0.4 is 21.3 Å². The van der Waals surface area contributed by atoms with Crippen molar-refractivity contribution < 1.29 is 4.79 Å². The second-order valence-electron chi connectivity index (χ2n) is 6.10. The van der Waals surface area contributed by atoms with Crippen LogP contribution in [0.3, 0.4) is 0 Å². The van der Waals surface area contributed by atoms with Gasteiger partial charge in [0.25, 0.3) is 5.91 Å². The average Bonchev–Trinajstić information content (AvgIpc) is 3.22. The number of nitriles is 1. The minimum Gasteiger partial charge on any atom is -0.383 e. The molecule has 10 nitrogen and oxygen atoms in total. The summed E-state index contributed by atoms with van der Waals surface area (Å²) in [6.45, 7) is 1.77. The van der Waals surface area contributed by atoms with Crippen molar-refractivity contribution in [3.8, 4) is 6.07 Å². The lowest BCUT2D eigenvalue weighted by Crippen LogP contribution is -2.25. The number of carbonyl (C=O) groups excluding carboxylic acids is 1. The first-order valence-electron chi connectivity index (χ1n) is 8.76. The van der Waals surface area contributed by atoms with Crippen molar-refractivity contribution in [1.29, 1.82) is 5.26 Å². The van der Waals surface area contributed by atoms with Gasteiger partial charge in [-0.25, -0.2) is 9.97 Å². The van der Waals surface area contributed by atoms with E-state index in [9.17, 15) is 4.79 Å². The Bertz CT molecular complexity index is 825. The fourth-order valence-electron chi connectivity index (χ4n) is 2.84. The molecular weight excluding hydrogens is 346 g/mol. The summed E-state index contributed by atoms with van der Waals surface area (Å²) in [5.41, 5.74) is 1.05. The number of hydrogen-bond donors (Lipinski definition) is 4. The molecule has 27 heavy (non-hydrogen) atoms. The van der Waals surface area contributed by atoms with E-state index < -0.39 is 0 Å². The number of carbonyl (C=O) groups is 1. The Labute approximate surface area is 156 Å². The molecule has 1 unspecified atom stereocenters. The molecule has 2 aromatic heterocycles. The third-order valence-electron chi connectivity index (χ3n) is 4.23. The highest BCUT2D eigenvalue weighted by molar-refractivity contribution is 5.97. The molecule has 1 aliphatic heterocycles. The summed E-state index contributed by atoms with van der Waals surface area (Å²) < 4.78 is 0. The van der Waals surface area contributed by atoms with E-state index >= 15 is 0 Å². The molecule has 4 N–H and O–H groups in total. The van der Waals surface area contributed by atoms with Crippen LogP contribution in [-0.4, -0.2) is 52.3 Å². The van der Waals surface area contributed by atoms with Crippen LogP contribution in [0, 0.1) is 11.3 Å². The Morgan fingerprint density at radius 2 is 2.22 bits per heavy atom. The van der Waals surface area contributed by atoms with Gasteiger partial charge in [-0.3, -0.25) is 4.79 Å². The molecule has 0 bridgehead atoms. The van der Waals surface area contributed by atoms with E-state index in [-0.39, 0.29) is 17.3 Å². The number of nitrogens with one attached hydrogen (secondary N) is 4. The number of amides is 1. The summed E-state index contributed by atoms with van der Waals surface area (Å²) in [5.74, 6) is 0.536. The number of rotatable bonds is 7. The summed E-state index contributed by atoms with van der Waals surface area (Å²) in [6, 6.07) is 4.12. The molecule has 0 aliphatic carbocycles. The van der Waals surface area contributed by atoms with Crippen molar-refractivity contribution >= 4 is 23.2 Å². The minimum absolute atomic E-state index is 0.226. The molecule has 1 amide bonds. The van der Waals surface area contributed by atoms with Crippen LogP contribution in [0.1, 0.15) is 35.4 Å². The molecule has 0 aromatic carbocycles. The zero-order chi connectivity index (χ0) is 19.1. The quantitative estimate of drug-likeness (QED) is 0.559. The van der Waals surface area contributed by atoms with Crippen molar-refractivity contribution in [3.63, 3.8) is 0 Å². The third-order valence-corrected chi connectivity index (χ3v) is 4.23. The highest BCUT2D eigenvalue weighted by Gasteiger charge is 2.16. The van der Waals surface area contributed by atoms with Crippen LogP contribution in [0.25, 0.3) is 0 Å². The fourth-order valence-corrected chi connectivity index (χ4v) is 2.84. The van der Waals surface area contributed by atoms with Gasteiger partial charge in [-0.1, -0.05) is 0 Å². The number of nitrogens with zero attached hydrogens (tertiary/aromatic N) is 5. The van der Waals surface area contributed by atoms with Gasteiger partial charge in [0.2, 0.25) is 0 Å². The summed E-state index contributed by atoms with van der Waals surface area (Å²) >= 11 is 0. The molecule has 3 heterocycles. The highest BCUT2D eigenvalue weighted by Crippen LogP contribution is 2.19.